The summed E-state index contributed by atoms with van der Waals surface area (Å²) in [5.74, 6) is 1.76. The van der Waals surface area contributed by atoms with E-state index in [9.17, 15) is 4.39 Å². The van der Waals surface area contributed by atoms with E-state index in [-0.39, 0.29) is 5.82 Å². The third-order valence-corrected chi connectivity index (χ3v) is 4.05. The van der Waals surface area contributed by atoms with Crippen molar-refractivity contribution in [3.63, 3.8) is 0 Å². The van der Waals surface area contributed by atoms with Crippen molar-refractivity contribution in [3.05, 3.63) is 29.8 Å². The fraction of sp³-hybridized carbons (Fsp3) is 0.533. The number of halogens is 1. The third kappa shape index (κ3) is 2.25. The minimum Gasteiger partial charge on any atom is -0.324 e. The molecule has 100 valence electrons. The lowest BCUT2D eigenvalue weighted by molar-refractivity contribution is 0.588. The van der Waals surface area contributed by atoms with Crippen LogP contribution in [-0.2, 0) is 6.54 Å². The van der Waals surface area contributed by atoms with Crippen molar-refractivity contribution in [2.75, 3.05) is 6.54 Å². The molecule has 4 heteroatoms. The molecule has 0 spiro atoms. The molecule has 0 amide bonds. The van der Waals surface area contributed by atoms with Crippen LogP contribution in [0.1, 0.15) is 37.5 Å². The van der Waals surface area contributed by atoms with E-state index in [1.54, 1.807) is 12.1 Å². The van der Waals surface area contributed by atoms with Gasteiger partial charge in [-0.3, -0.25) is 0 Å². The lowest BCUT2D eigenvalue weighted by atomic mass is 10.3. The van der Waals surface area contributed by atoms with Gasteiger partial charge in [-0.1, -0.05) is 0 Å². The van der Waals surface area contributed by atoms with E-state index in [1.165, 1.54) is 31.7 Å². The molecule has 2 saturated carbocycles. The molecule has 1 heterocycles. The topological polar surface area (TPSA) is 29.9 Å². The molecule has 0 radical (unpaired) electrons. The van der Waals surface area contributed by atoms with E-state index in [4.69, 9.17) is 0 Å². The molecule has 0 unspecified atom stereocenters. The zero-order valence-electron chi connectivity index (χ0n) is 10.9. The molecule has 0 atom stereocenters. The van der Waals surface area contributed by atoms with Gasteiger partial charge in [-0.05, 0) is 56.3 Å². The summed E-state index contributed by atoms with van der Waals surface area (Å²) in [7, 11) is 0. The van der Waals surface area contributed by atoms with Gasteiger partial charge in [-0.25, -0.2) is 9.37 Å². The summed E-state index contributed by atoms with van der Waals surface area (Å²) in [5.41, 5.74) is 1.86. The number of imidazole rings is 1. The van der Waals surface area contributed by atoms with Gasteiger partial charge < -0.3 is 9.88 Å². The van der Waals surface area contributed by atoms with Gasteiger partial charge >= 0.3 is 0 Å². The summed E-state index contributed by atoms with van der Waals surface area (Å²) < 4.78 is 15.7. The second kappa shape index (κ2) is 4.30. The number of hydrogen-bond donors (Lipinski definition) is 1. The first-order chi connectivity index (χ1) is 9.31. The highest BCUT2D eigenvalue weighted by Crippen LogP contribution is 2.38. The van der Waals surface area contributed by atoms with Gasteiger partial charge in [0.1, 0.15) is 11.6 Å². The van der Waals surface area contributed by atoms with Gasteiger partial charge in [0.2, 0.25) is 0 Å². The summed E-state index contributed by atoms with van der Waals surface area (Å²) in [6.45, 7) is 1.88. The molecule has 2 fully saturated rings. The number of benzene rings is 1. The normalized spacial score (nSPS) is 19.2. The molecule has 0 aliphatic heterocycles. The third-order valence-electron chi connectivity index (χ3n) is 4.05. The number of nitrogens with zero attached hydrogens (tertiary/aromatic N) is 2. The Labute approximate surface area is 111 Å². The van der Waals surface area contributed by atoms with Crippen LogP contribution >= 0.6 is 0 Å². The van der Waals surface area contributed by atoms with Crippen molar-refractivity contribution in [2.24, 2.45) is 5.92 Å². The number of fused-ring (bicyclic) bond motifs is 1. The molecule has 0 saturated heterocycles. The molecule has 3 nitrogen and oxygen atoms in total. The van der Waals surface area contributed by atoms with E-state index in [0.717, 1.165) is 35.9 Å². The Morgan fingerprint density at radius 2 is 2.11 bits per heavy atom. The van der Waals surface area contributed by atoms with Crippen LogP contribution in [0.5, 0.6) is 0 Å². The summed E-state index contributed by atoms with van der Waals surface area (Å²) in [4.78, 5) is 4.67. The Bertz CT molecular complexity index is 611. The van der Waals surface area contributed by atoms with E-state index in [1.807, 2.05) is 0 Å². The maximum absolute atomic E-state index is 13.4. The Morgan fingerprint density at radius 3 is 2.84 bits per heavy atom. The van der Waals surface area contributed by atoms with E-state index >= 15 is 0 Å². The quantitative estimate of drug-likeness (QED) is 0.894. The van der Waals surface area contributed by atoms with Crippen LogP contribution in [0, 0.1) is 11.7 Å². The monoisotopic (exact) mass is 259 g/mol. The molecule has 2 aliphatic carbocycles. The SMILES string of the molecule is Fc1ccc2nc(CNCC3CC3)n(C3CC3)c2c1. The fourth-order valence-corrected chi connectivity index (χ4v) is 2.69. The average Bonchev–Trinajstić information content (AvgIpc) is 3.28. The van der Waals surface area contributed by atoms with Crippen molar-refractivity contribution in [3.8, 4) is 0 Å². The second-order valence-electron chi connectivity index (χ2n) is 5.84. The van der Waals surface area contributed by atoms with Gasteiger partial charge in [0.15, 0.2) is 0 Å². The highest BCUT2D eigenvalue weighted by molar-refractivity contribution is 5.76. The molecular weight excluding hydrogens is 241 g/mol. The van der Waals surface area contributed by atoms with Crippen LogP contribution in [0.4, 0.5) is 4.39 Å². The Kier molecular flexibility index (Phi) is 2.58. The lowest BCUT2D eigenvalue weighted by Gasteiger charge is -2.08. The molecule has 4 rings (SSSR count). The summed E-state index contributed by atoms with van der Waals surface area (Å²) in [5, 5.41) is 3.49. The van der Waals surface area contributed by atoms with E-state index < -0.39 is 0 Å². The van der Waals surface area contributed by atoms with Crippen molar-refractivity contribution in [1.82, 2.24) is 14.9 Å². The first kappa shape index (κ1) is 11.4. The first-order valence-electron chi connectivity index (χ1n) is 7.18. The smallest absolute Gasteiger partial charge is 0.125 e. The molecule has 1 N–H and O–H groups in total. The van der Waals surface area contributed by atoms with Gasteiger partial charge in [-0.2, -0.15) is 0 Å². The predicted molar refractivity (Wildman–Crippen MR) is 72.4 cm³/mol. The maximum atomic E-state index is 13.4. The van der Waals surface area contributed by atoms with Crippen LogP contribution in [0.3, 0.4) is 0 Å². The maximum Gasteiger partial charge on any atom is 0.125 e. The summed E-state index contributed by atoms with van der Waals surface area (Å²) in [6, 6.07) is 5.43. The minimum atomic E-state index is -0.174. The molecule has 19 heavy (non-hydrogen) atoms. The molecule has 1 aromatic heterocycles. The fourth-order valence-electron chi connectivity index (χ4n) is 2.69. The van der Waals surface area contributed by atoms with Gasteiger partial charge in [0, 0.05) is 6.04 Å². The van der Waals surface area contributed by atoms with Crippen LogP contribution in [0.25, 0.3) is 11.0 Å². The zero-order chi connectivity index (χ0) is 12.8. The highest BCUT2D eigenvalue weighted by atomic mass is 19.1. The molecular formula is C15H18FN3. The molecule has 0 bridgehead atoms. The van der Waals surface area contributed by atoms with Gasteiger partial charge in [0.25, 0.3) is 0 Å². The van der Waals surface area contributed by atoms with Crippen LogP contribution < -0.4 is 5.32 Å². The Hall–Kier alpha value is -1.42. The largest absolute Gasteiger partial charge is 0.324 e. The minimum absolute atomic E-state index is 0.174. The predicted octanol–water partition coefficient (Wildman–Crippen LogP) is 3.01. The van der Waals surface area contributed by atoms with Gasteiger partial charge in [-0.15, -0.1) is 0 Å². The first-order valence-corrected chi connectivity index (χ1v) is 7.18. The van der Waals surface area contributed by atoms with Crippen molar-refractivity contribution >= 4 is 11.0 Å². The van der Waals surface area contributed by atoms with Crippen LogP contribution in [0.2, 0.25) is 0 Å². The Balaban J connectivity index is 1.65. The van der Waals surface area contributed by atoms with Crippen molar-refractivity contribution in [2.45, 2.75) is 38.3 Å². The van der Waals surface area contributed by atoms with Crippen molar-refractivity contribution < 1.29 is 4.39 Å². The van der Waals surface area contributed by atoms with Crippen molar-refractivity contribution in [1.29, 1.82) is 0 Å². The highest BCUT2D eigenvalue weighted by Gasteiger charge is 2.28. The standard InChI is InChI=1S/C15H18FN3/c16-11-3-6-13-14(7-11)19(12-4-5-12)15(18-13)9-17-8-10-1-2-10/h3,6-7,10,12,17H,1-2,4-5,8-9H2. The molecule has 1 aromatic carbocycles. The molecule has 2 aromatic rings. The number of nitrogens with one attached hydrogen (secondary N) is 1. The molecule has 2 aliphatic rings. The lowest BCUT2D eigenvalue weighted by Crippen LogP contribution is -2.19. The number of hydrogen-bond acceptors (Lipinski definition) is 2. The van der Waals surface area contributed by atoms with Crippen LogP contribution in [-0.4, -0.2) is 16.1 Å². The van der Waals surface area contributed by atoms with E-state index in [2.05, 4.69) is 14.9 Å². The zero-order valence-corrected chi connectivity index (χ0v) is 10.9. The van der Waals surface area contributed by atoms with Gasteiger partial charge in [0.05, 0.1) is 17.6 Å². The number of rotatable bonds is 5. The van der Waals surface area contributed by atoms with Crippen LogP contribution in [0.15, 0.2) is 18.2 Å². The van der Waals surface area contributed by atoms with E-state index in [0.29, 0.717) is 6.04 Å². The summed E-state index contributed by atoms with van der Waals surface area (Å²) >= 11 is 0. The number of aromatic nitrogens is 2. The summed E-state index contributed by atoms with van der Waals surface area (Å²) in [6.07, 6.45) is 5.10. The second-order valence-corrected chi connectivity index (χ2v) is 5.84. The Morgan fingerprint density at radius 1 is 1.26 bits per heavy atom. The average molecular weight is 259 g/mol.